The van der Waals surface area contributed by atoms with Crippen LogP contribution in [0.2, 0.25) is 0 Å². The highest BCUT2D eigenvalue weighted by atomic mass is 16.1. The van der Waals surface area contributed by atoms with E-state index in [1.165, 1.54) is 0 Å². The van der Waals surface area contributed by atoms with Gasteiger partial charge >= 0.3 is 0 Å². The molecule has 1 aromatic carbocycles. The zero-order chi connectivity index (χ0) is 7.40. The lowest BCUT2D eigenvalue weighted by Crippen LogP contribution is -1.94. The smallest absolute Gasteiger partial charge is 0.134 e. The first kappa shape index (κ1) is 7.00. The molecule has 0 aromatic heterocycles. The average molecular weight is 133 g/mol. The molecule has 10 heavy (non-hydrogen) atoms. The summed E-state index contributed by atoms with van der Waals surface area (Å²) in [5, 5.41) is 0. The number of benzene rings is 1. The van der Waals surface area contributed by atoms with Gasteiger partial charge in [-0.3, -0.25) is 4.79 Å². The number of carbonyl (C=O) groups excluding carboxylic acids is 1. The molecule has 0 N–H and O–H groups in total. The quantitative estimate of drug-likeness (QED) is 0.599. The Kier molecular flexibility index (Phi) is 2.21. The summed E-state index contributed by atoms with van der Waals surface area (Å²) in [5.41, 5.74) is 1.06. The molecule has 1 heteroatoms. The maximum Gasteiger partial charge on any atom is 0.134 e. The van der Waals surface area contributed by atoms with Gasteiger partial charge in [0.15, 0.2) is 0 Å². The molecule has 1 radical (unpaired) electrons. The Labute approximate surface area is 60.7 Å². The van der Waals surface area contributed by atoms with Gasteiger partial charge < -0.3 is 0 Å². The number of hydrogen-bond donors (Lipinski definition) is 0. The molecule has 0 aliphatic carbocycles. The van der Waals surface area contributed by atoms with E-state index in [0.29, 0.717) is 6.42 Å². The highest BCUT2D eigenvalue weighted by Crippen LogP contribution is 1.98. The van der Waals surface area contributed by atoms with Crippen LogP contribution in [0.5, 0.6) is 0 Å². The molecule has 0 unspecified atom stereocenters. The standard InChI is InChI=1S/C9H9O/c1-8(10)7-9-5-3-2-4-6-9/h3-6H,7H2,1H3. The second kappa shape index (κ2) is 3.16. The average Bonchev–Trinajstić information content (AvgIpc) is 1.88. The topological polar surface area (TPSA) is 17.1 Å². The van der Waals surface area contributed by atoms with E-state index in [1.54, 1.807) is 6.92 Å². The van der Waals surface area contributed by atoms with E-state index < -0.39 is 0 Å². The molecule has 0 aliphatic heterocycles. The van der Waals surface area contributed by atoms with E-state index in [1.807, 2.05) is 24.3 Å². The molecule has 1 nitrogen and oxygen atoms in total. The van der Waals surface area contributed by atoms with Gasteiger partial charge in [0.05, 0.1) is 0 Å². The predicted octanol–water partition coefficient (Wildman–Crippen LogP) is 1.62. The monoisotopic (exact) mass is 133 g/mol. The van der Waals surface area contributed by atoms with Crippen LogP contribution in [0.4, 0.5) is 0 Å². The number of rotatable bonds is 2. The van der Waals surface area contributed by atoms with Gasteiger partial charge in [0.1, 0.15) is 5.78 Å². The van der Waals surface area contributed by atoms with E-state index in [0.717, 1.165) is 5.56 Å². The van der Waals surface area contributed by atoms with Crippen LogP contribution in [0.1, 0.15) is 12.5 Å². The second-order valence-corrected chi connectivity index (χ2v) is 2.29. The van der Waals surface area contributed by atoms with Crippen LogP contribution in [-0.2, 0) is 11.2 Å². The first-order valence-corrected chi connectivity index (χ1v) is 3.23. The van der Waals surface area contributed by atoms with E-state index in [-0.39, 0.29) is 5.78 Å². The summed E-state index contributed by atoms with van der Waals surface area (Å²) in [4.78, 5) is 10.6. The van der Waals surface area contributed by atoms with Crippen molar-refractivity contribution in [3.05, 3.63) is 35.9 Å². The van der Waals surface area contributed by atoms with Gasteiger partial charge in [-0.15, -0.1) is 0 Å². The molecule has 0 amide bonds. The summed E-state index contributed by atoms with van der Waals surface area (Å²) in [7, 11) is 0. The SMILES string of the molecule is CC(=O)Cc1cc[c]cc1. The number of ketones is 1. The number of carbonyl (C=O) groups is 1. The number of Topliss-reactive ketones (excluding diaryl/α,β-unsaturated/α-hetero) is 1. The van der Waals surface area contributed by atoms with Crippen molar-refractivity contribution in [3.63, 3.8) is 0 Å². The molecule has 0 saturated carbocycles. The predicted molar refractivity (Wildman–Crippen MR) is 39.7 cm³/mol. The van der Waals surface area contributed by atoms with Crippen molar-refractivity contribution in [2.24, 2.45) is 0 Å². The molecule has 0 aliphatic rings. The normalized spacial score (nSPS) is 9.30. The molecule has 0 atom stereocenters. The maximum absolute atomic E-state index is 10.6. The lowest BCUT2D eigenvalue weighted by Gasteiger charge is -1.93. The zero-order valence-electron chi connectivity index (χ0n) is 5.92. The fraction of sp³-hybridized carbons (Fsp3) is 0.222. The molecular weight excluding hydrogens is 124 g/mol. The molecule has 0 spiro atoms. The molecule has 51 valence electrons. The van der Waals surface area contributed by atoms with Crippen molar-refractivity contribution in [2.75, 3.05) is 0 Å². The van der Waals surface area contributed by atoms with E-state index in [2.05, 4.69) is 6.07 Å². The van der Waals surface area contributed by atoms with Crippen molar-refractivity contribution in [2.45, 2.75) is 13.3 Å². The van der Waals surface area contributed by atoms with Crippen LogP contribution in [0, 0.1) is 6.07 Å². The molecule has 1 rings (SSSR count). The minimum atomic E-state index is 0.200. The van der Waals surface area contributed by atoms with Gasteiger partial charge in [-0.1, -0.05) is 24.3 Å². The third-order valence-corrected chi connectivity index (χ3v) is 1.24. The molecule has 0 saturated heterocycles. The fourth-order valence-electron chi connectivity index (χ4n) is 0.827. The molecule has 1 aromatic rings. The third-order valence-electron chi connectivity index (χ3n) is 1.24. The van der Waals surface area contributed by atoms with Crippen molar-refractivity contribution in [3.8, 4) is 0 Å². The van der Waals surface area contributed by atoms with Crippen LogP contribution in [-0.4, -0.2) is 5.78 Å². The summed E-state index contributed by atoms with van der Waals surface area (Å²) >= 11 is 0. The van der Waals surface area contributed by atoms with E-state index in [9.17, 15) is 4.79 Å². The Balaban J connectivity index is 2.67. The van der Waals surface area contributed by atoms with Crippen molar-refractivity contribution in [1.29, 1.82) is 0 Å². The molecule has 0 fully saturated rings. The Morgan fingerprint density at radius 1 is 1.50 bits per heavy atom. The van der Waals surface area contributed by atoms with Gasteiger partial charge in [0.25, 0.3) is 0 Å². The summed E-state index contributed by atoms with van der Waals surface area (Å²) in [5.74, 6) is 0.200. The summed E-state index contributed by atoms with van der Waals surface area (Å²) in [6.07, 6.45) is 0.536. The largest absolute Gasteiger partial charge is 0.300 e. The Morgan fingerprint density at radius 3 is 2.60 bits per heavy atom. The lowest BCUT2D eigenvalue weighted by atomic mass is 10.1. The van der Waals surface area contributed by atoms with Crippen LogP contribution in [0.15, 0.2) is 24.3 Å². The van der Waals surface area contributed by atoms with Crippen molar-refractivity contribution >= 4 is 5.78 Å². The van der Waals surface area contributed by atoms with Crippen LogP contribution in [0.3, 0.4) is 0 Å². The van der Waals surface area contributed by atoms with Gasteiger partial charge in [-0.2, -0.15) is 0 Å². The van der Waals surface area contributed by atoms with Crippen LogP contribution in [0.25, 0.3) is 0 Å². The number of hydrogen-bond acceptors (Lipinski definition) is 1. The van der Waals surface area contributed by atoms with E-state index in [4.69, 9.17) is 0 Å². The fourth-order valence-corrected chi connectivity index (χ4v) is 0.827. The minimum Gasteiger partial charge on any atom is -0.300 e. The zero-order valence-corrected chi connectivity index (χ0v) is 5.92. The summed E-state index contributed by atoms with van der Waals surface area (Å²) in [6.45, 7) is 1.59. The molecular formula is C9H9O. The first-order valence-electron chi connectivity index (χ1n) is 3.23. The highest BCUT2D eigenvalue weighted by molar-refractivity contribution is 5.78. The molecule has 0 heterocycles. The van der Waals surface area contributed by atoms with Gasteiger partial charge in [0.2, 0.25) is 0 Å². The van der Waals surface area contributed by atoms with E-state index >= 15 is 0 Å². The Hall–Kier alpha value is -1.11. The Bertz CT molecular complexity index is 213. The van der Waals surface area contributed by atoms with Gasteiger partial charge in [0, 0.05) is 6.42 Å². The summed E-state index contributed by atoms with van der Waals surface area (Å²) < 4.78 is 0. The van der Waals surface area contributed by atoms with Crippen LogP contribution >= 0.6 is 0 Å². The van der Waals surface area contributed by atoms with Crippen LogP contribution < -0.4 is 0 Å². The third kappa shape index (κ3) is 2.02. The van der Waals surface area contributed by atoms with Gasteiger partial charge in [-0.25, -0.2) is 0 Å². The second-order valence-electron chi connectivity index (χ2n) is 2.29. The molecule has 0 bridgehead atoms. The lowest BCUT2D eigenvalue weighted by molar-refractivity contribution is -0.116. The van der Waals surface area contributed by atoms with Gasteiger partial charge in [-0.05, 0) is 18.6 Å². The Morgan fingerprint density at radius 2 is 2.10 bits per heavy atom. The maximum atomic E-state index is 10.6. The first-order chi connectivity index (χ1) is 4.79. The van der Waals surface area contributed by atoms with Crippen molar-refractivity contribution < 1.29 is 4.79 Å². The minimum absolute atomic E-state index is 0.200. The summed E-state index contributed by atoms with van der Waals surface area (Å²) in [6, 6.07) is 10.3. The highest BCUT2D eigenvalue weighted by Gasteiger charge is 1.93. The van der Waals surface area contributed by atoms with Crippen molar-refractivity contribution in [1.82, 2.24) is 0 Å².